The topological polar surface area (TPSA) is 131 Å². The summed E-state index contributed by atoms with van der Waals surface area (Å²) in [6.07, 6.45) is 8.28. The van der Waals surface area contributed by atoms with Gasteiger partial charge in [0.2, 0.25) is 11.8 Å². The number of nitrogens with zero attached hydrogens (tertiary/aromatic N) is 2. The lowest BCUT2D eigenvalue weighted by molar-refractivity contribution is -0.144. The molecule has 2 heterocycles. The van der Waals surface area contributed by atoms with Gasteiger partial charge < -0.3 is 30.5 Å². The zero-order valence-corrected chi connectivity index (χ0v) is 28.2. The summed E-state index contributed by atoms with van der Waals surface area (Å²) < 4.78 is 6.04. The van der Waals surface area contributed by atoms with Crippen molar-refractivity contribution in [3.8, 4) is 5.75 Å². The van der Waals surface area contributed by atoms with E-state index in [9.17, 15) is 24.6 Å². The number of fused-ring (bicyclic) bond motifs is 2. The zero-order valence-electron chi connectivity index (χ0n) is 28.2. The highest BCUT2D eigenvalue weighted by Gasteiger charge is 2.44. The zero-order chi connectivity index (χ0) is 32.9. The smallest absolute Gasteiger partial charge is 0.255 e. The lowest BCUT2D eigenvalue weighted by atomic mass is 9.99. The second-order valence-corrected chi connectivity index (χ2v) is 13.7. The van der Waals surface area contributed by atoms with Crippen molar-refractivity contribution in [1.29, 1.82) is 0 Å². The lowest BCUT2D eigenvalue weighted by Crippen LogP contribution is -2.59. The quantitative estimate of drug-likeness (QED) is 0.396. The van der Waals surface area contributed by atoms with Gasteiger partial charge in [0.1, 0.15) is 18.0 Å². The van der Waals surface area contributed by atoms with E-state index in [1.807, 2.05) is 33.8 Å². The molecule has 254 valence electrons. The van der Waals surface area contributed by atoms with Gasteiger partial charge in [0.15, 0.2) is 0 Å². The number of ether oxygens (including phenoxy) is 1. The number of rotatable bonds is 3. The summed E-state index contributed by atoms with van der Waals surface area (Å²) in [4.78, 5) is 44.1. The predicted molar refractivity (Wildman–Crippen MR) is 176 cm³/mol. The monoisotopic (exact) mass is 630 g/mol. The molecule has 0 bridgehead atoms. The van der Waals surface area contributed by atoms with Crippen molar-refractivity contribution in [3.05, 3.63) is 29.8 Å². The molecule has 0 saturated carbocycles. The Kier molecular flexibility index (Phi) is 15.1. The number of hydrogen-bond acceptors (Lipinski definition) is 7. The third-order valence-electron chi connectivity index (χ3n) is 9.02. The number of nitrogens with one attached hydrogen (secondary N) is 2. The minimum atomic E-state index is -1.19. The number of carbonyl (C=O) groups is 3. The molecule has 3 rings (SSSR count). The molecule has 0 spiro atoms. The molecule has 45 heavy (non-hydrogen) atoms. The van der Waals surface area contributed by atoms with Crippen molar-refractivity contribution in [3.63, 3.8) is 0 Å². The average Bonchev–Trinajstić information content (AvgIpc) is 3.39. The van der Waals surface area contributed by atoms with E-state index in [-0.39, 0.29) is 36.6 Å². The lowest BCUT2D eigenvalue weighted by Gasteiger charge is -2.39. The van der Waals surface area contributed by atoms with Gasteiger partial charge in [0.25, 0.3) is 5.91 Å². The molecule has 10 nitrogen and oxygen atoms in total. The van der Waals surface area contributed by atoms with E-state index in [2.05, 4.69) is 10.6 Å². The maximum absolute atomic E-state index is 14.1. The molecule has 0 radical (unpaired) electrons. The number of aliphatic hydroxyl groups excluding tert-OH is 2. The molecule has 5 atom stereocenters. The average molecular weight is 631 g/mol. The first-order valence-corrected chi connectivity index (χ1v) is 17.2. The number of likely N-dealkylation sites (N-methyl/N-ethyl adjacent to an activating group) is 1. The van der Waals surface area contributed by atoms with Crippen LogP contribution in [0.1, 0.15) is 109 Å². The molecule has 2 aliphatic heterocycles. The van der Waals surface area contributed by atoms with Crippen LogP contribution in [0.5, 0.6) is 5.75 Å². The normalized spacial score (nSPS) is 28.0. The van der Waals surface area contributed by atoms with Gasteiger partial charge in [0.05, 0.1) is 30.4 Å². The Morgan fingerprint density at radius 1 is 0.911 bits per heavy atom. The van der Waals surface area contributed by atoms with Crippen molar-refractivity contribution in [2.24, 2.45) is 11.8 Å². The second kappa shape index (κ2) is 18.5. The fraction of sp³-hybridized carbons (Fsp3) is 0.743. The second-order valence-electron chi connectivity index (χ2n) is 13.7. The van der Waals surface area contributed by atoms with E-state index in [0.29, 0.717) is 30.9 Å². The van der Waals surface area contributed by atoms with E-state index in [1.54, 1.807) is 30.1 Å². The van der Waals surface area contributed by atoms with Crippen molar-refractivity contribution in [1.82, 2.24) is 20.4 Å². The minimum absolute atomic E-state index is 0.0388. The first-order chi connectivity index (χ1) is 21.5. The van der Waals surface area contributed by atoms with Crippen LogP contribution < -0.4 is 15.4 Å². The summed E-state index contributed by atoms with van der Waals surface area (Å²) in [5, 5.41) is 28.3. The molecule has 1 saturated heterocycles. The predicted octanol–water partition coefficient (Wildman–Crippen LogP) is 4.09. The van der Waals surface area contributed by atoms with Gasteiger partial charge in [0, 0.05) is 13.1 Å². The number of benzene rings is 1. The Labute approximate surface area is 270 Å². The van der Waals surface area contributed by atoms with Crippen LogP contribution in [0, 0.1) is 11.8 Å². The molecular weight excluding hydrogens is 572 g/mol. The summed E-state index contributed by atoms with van der Waals surface area (Å²) in [5.74, 6) is -0.436. The number of hydrogen-bond donors (Lipinski definition) is 4. The molecule has 3 amide bonds. The fourth-order valence-electron chi connectivity index (χ4n) is 6.64. The molecule has 0 aromatic heterocycles. The van der Waals surface area contributed by atoms with Gasteiger partial charge in [-0.3, -0.25) is 19.3 Å². The van der Waals surface area contributed by atoms with Crippen molar-refractivity contribution in [2.45, 2.75) is 129 Å². The molecule has 2 aliphatic rings. The number of carbonyl (C=O) groups excluding carboxylic acids is 3. The highest BCUT2D eigenvalue weighted by Crippen LogP contribution is 2.27. The van der Waals surface area contributed by atoms with E-state index >= 15 is 0 Å². The molecular formula is C35H58N4O6. The van der Waals surface area contributed by atoms with Crippen LogP contribution in [-0.2, 0) is 9.59 Å². The molecule has 10 heteroatoms. The van der Waals surface area contributed by atoms with E-state index < -0.39 is 36.4 Å². The number of para-hydroxylation sites is 1. The van der Waals surface area contributed by atoms with Crippen LogP contribution in [0.25, 0.3) is 0 Å². The molecule has 1 aromatic carbocycles. The Balaban J connectivity index is 1.87. The largest absolute Gasteiger partial charge is 0.493 e. The van der Waals surface area contributed by atoms with Gasteiger partial charge in [-0.15, -0.1) is 0 Å². The van der Waals surface area contributed by atoms with Crippen molar-refractivity contribution < 1.29 is 29.3 Å². The van der Waals surface area contributed by atoms with E-state index in [4.69, 9.17) is 4.74 Å². The number of amides is 3. The van der Waals surface area contributed by atoms with Gasteiger partial charge in [-0.05, 0) is 56.7 Å². The molecule has 1 fully saturated rings. The highest BCUT2D eigenvalue weighted by molar-refractivity contribution is 5.99. The Bertz CT molecular complexity index is 1080. The van der Waals surface area contributed by atoms with Crippen LogP contribution in [0.3, 0.4) is 0 Å². The Morgan fingerprint density at radius 2 is 1.53 bits per heavy atom. The molecule has 0 aliphatic carbocycles. The fourth-order valence-corrected chi connectivity index (χ4v) is 6.64. The number of aliphatic hydroxyl groups is 2. The maximum Gasteiger partial charge on any atom is 0.255 e. The van der Waals surface area contributed by atoms with Crippen molar-refractivity contribution >= 4 is 17.7 Å². The van der Waals surface area contributed by atoms with Crippen molar-refractivity contribution in [2.75, 3.05) is 26.7 Å². The summed E-state index contributed by atoms with van der Waals surface area (Å²) in [6, 6.07) is 4.86. The summed E-state index contributed by atoms with van der Waals surface area (Å²) in [7, 11) is 1.69. The van der Waals surface area contributed by atoms with Gasteiger partial charge in [-0.25, -0.2) is 0 Å². The first-order valence-electron chi connectivity index (χ1n) is 17.2. The van der Waals surface area contributed by atoms with Gasteiger partial charge in [-0.1, -0.05) is 84.8 Å². The third-order valence-corrected chi connectivity index (χ3v) is 9.02. The third kappa shape index (κ3) is 11.0. The Hall–Kier alpha value is -2.69. The van der Waals surface area contributed by atoms with Crippen LogP contribution in [0.4, 0.5) is 0 Å². The maximum atomic E-state index is 14.1. The summed E-state index contributed by atoms with van der Waals surface area (Å²) >= 11 is 0. The summed E-state index contributed by atoms with van der Waals surface area (Å²) in [6.45, 7) is 8.97. The first kappa shape index (κ1) is 36.8. The van der Waals surface area contributed by atoms with E-state index in [1.165, 1.54) is 24.2 Å². The standard InChI is InChI=1S/C35H58N4O6/c1-24(2)21-28-34(43)39-23-26(40)22-29(39)35(44)38(5)31(25(3)4)33(42)36-19-15-11-9-7-6-8-10-12-16-20-45-30-18-14-13-17-27(30)32(41)37-28/h13-14,17-18,24-26,28-29,31,35,40,44H,6-12,15-16,19-23H2,1-5H3,(H,36,42)(H,37,41)/t26-,28+,29+,31-,35?/m0/s1. The molecule has 4 N–H and O–H groups in total. The van der Waals surface area contributed by atoms with Crippen LogP contribution in [-0.4, -0.2) is 94.9 Å². The SMILES string of the molecule is CC(C)C[C@H]1NC(=O)c2ccccc2OCCCCCCCCCCCNC(=O)[C@H](C(C)C)N(C)C(O)[C@H]2C[C@H](O)CN2C1=O. The highest BCUT2D eigenvalue weighted by atomic mass is 16.5. The Morgan fingerprint density at radius 3 is 2.18 bits per heavy atom. The summed E-state index contributed by atoms with van der Waals surface area (Å²) in [5.41, 5.74) is 0.369. The van der Waals surface area contributed by atoms with Gasteiger partial charge in [-0.2, -0.15) is 0 Å². The molecule has 1 unspecified atom stereocenters. The van der Waals surface area contributed by atoms with Crippen LogP contribution >= 0.6 is 0 Å². The van der Waals surface area contributed by atoms with E-state index in [0.717, 1.165) is 38.5 Å². The van der Waals surface area contributed by atoms with Gasteiger partial charge >= 0.3 is 0 Å². The molecule has 1 aromatic rings. The van der Waals surface area contributed by atoms with Crippen LogP contribution in [0.2, 0.25) is 0 Å². The minimum Gasteiger partial charge on any atom is -0.493 e. The van der Waals surface area contributed by atoms with Crippen LogP contribution in [0.15, 0.2) is 24.3 Å².